The van der Waals surface area contributed by atoms with Gasteiger partial charge in [0, 0.05) is 17.1 Å². The molecule has 1 N–H and O–H groups in total. The molecule has 0 spiro atoms. The summed E-state index contributed by atoms with van der Waals surface area (Å²) in [6, 6.07) is 10.2. The number of nitro benzene ring substituents is 1. The molecule has 0 amide bonds. The molecular formula is C14H12Br2N2O3. The maximum Gasteiger partial charge on any atom is 0.274 e. The van der Waals surface area contributed by atoms with E-state index in [2.05, 4.69) is 37.2 Å². The third-order valence-corrected chi connectivity index (χ3v) is 3.75. The molecule has 2 rings (SSSR count). The van der Waals surface area contributed by atoms with Gasteiger partial charge in [0.15, 0.2) is 0 Å². The van der Waals surface area contributed by atoms with Crippen molar-refractivity contribution in [3.8, 4) is 11.5 Å². The van der Waals surface area contributed by atoms with Gasteiger partial charge in [0.25, 0.3) is 5.69 Å². The predicted molar refractivity (Wildman–Crippen MR) is 87.8 cm³/mol. The van der Waals surface area contributed by atoms with Gasteiger partial charge in [0.1, 0.15) is 11.5 Å². The monoisotopic (exact) mass is 414 g/mol. The Morgan fingerprint density at radius 2 is 2.00 bits per heavy atom. The maximum absolute atomic E-state index is 10.9. The number of non-ortho nitro benzene ring substituents is 1. The Labute approximate surface area is 138 Å². The summed E-state index contributed by atoms with van der Waals surface area (Å²) in [6.07, 6.45) is 0. The summed E-state index contributed by atoms with van der Waals surface area (Å²) in [6.45, 7) is 0.751. The van der Waals surface area contributed by atoms with E-state index in [1.54, 1.807) is 6.07 Å². The third kappa shape index (κ3) is 4.26. The van der Waals surface area contributed by atoms with Gasteiger partial charge in [-0.3, -0.25) is 10.1 Å². The van der Waals surface area contributed by atoms with Crippen LogP contribution >= 0.6 is 31.9 Å². The van der Waals surface area contributed by atoms with Crippen molar-refractivity contribution >= 4 is 37.5 Å². The zero-order valence-corrected chi connectivity index (χ0v) is 14.3. The van der Waals surface area contributed by atoms with Crippen LogP contribution < -0.4 is 10.1 Å². The Morgan fingerprint density at radius 1 is 1.24 bits per heavy atom. The van der Waals surface area contributed by atoms with Gasteiger partial charge in [-0.1, -0.05) is 22.0 Å². The van der Waals surface area contributed by atoms with Gasteiger partial charge in [-0.25, -0.2) is 0 Å². The Bertz CT molecular complexity index is 677. The Balaban J connectivity index is 2.27. The summed E-state index contributed by atoms with van der Waals surface area (Å²) in [5.74, 6) is 1.00. The van der Waals surface area contributed by atoms with Crippen molar-refractivity contribution in [3.63, 3.8) is 0 Å². The minimum absolute atomic E-state index is 0.0256. The van der Waals surface area contributed by atoms with Crippen LogP contribution in [0.2, 0.25) is 0 Å². The van der Waals surface area contributed by atoms with E-state index in [1.807, 2.05) is 25.2 Å². The quantitative estimate of drug-likeness (QED) is 0.571. The maximum atomic E-state index is 10.9. The van der Waals surface area contributed by atoms with E-state index in [0.29, 0.717) is 16.0 Å². The topological polar surface area (TPSA) is 64.4 Å². The molecule has 0 aliphatic rings. The number of rotatable bonds is 5. The molecule has 0 saturated heterocycles. The van der Waals surface area contributed by atoms with Gasteiger partial charge in [0.2, 0.25) is 0 Å². The Kier molecular flexibility index (Phi) is 5.33. The zero-order valence-electron chi connectivity index (χ0n) is 11.1. The molecule has 0 heterocycles. The van der Waals surface area contributed by atoms with Crippen molar-refractivity contribution in [2.75, 3.05) is 7.05 Å². The van der Waals surface area contributed by atoms with Crippen LogP contribution in [0.25, 0.3) is 0 Å². The molecule has 5 nitrogen and oxygen atoms in total. The number of benzene rings is 2. The van der Waals surface area contributed by atoms with Crippen LogP contribution in [0.15, 0.2) is 45.3 Å². The summed E-state index contributed by atoms with van der Waals surface area (Å²) in [4.78, 5) is 10.4. The molecule has 0 aliphatic heterocycles. The summed E-state index contributed by atoms with van der Waals surface area (Å²) in [5, 5.41) is 13.9. The zero-order chi connectivity index (χ0) is 15.4. The number of hydrogen-bond donors (Lipinski definition) is 1. The molecule has 2 aromatic rings. The van der Waals surface area contributed by atoms with Crippen LogP contribution in [0, 0.1) is 10.1 Å². The normalized spacial score (nSPS) is 10.4. The molecule has 110 valence electrons. The second kappa shape index (κ2) is 7.02. The van der Waals surface area contributed by atoms with E-state index in [-0.39, 0.29) is 5.69 Å². The first-order chi connectivity index (χ1) is 9.99. The molecule has 0 aliphatic carbocycles. The molecule has 21 heavy (non-hydrogen) atoms. The largest absolute Gasteiger partial charge is 0.456 e. The lowest BCUT2D eigenvalue weighted by molar-refractivity contribution is -0.385. The summed E-state index contributed by atoms with van der Waals surface area (Å²) in [5.41, 5.74) is 1.08. The van der Waals surface area contributed by atoms with Crippen LogP contribution in [0.4, 0.5) is 5.69 Å². The van der Waals surface area contributed by atoms with Gasteiger partial charge in [-0.15, -0.1) is 0 Å². The lowest BCUT2D eigenvalue weighted by Gasteiger charge is -2.10. The second-order valence-electron chi connectivity index (χ2n) is 4.30. The summed E-state index contributed by atoms with van der Waals surface area (Å²) in [7, 11) is 1.87. The van der Waals surface area contributed by atoms with E-state index in [1.165, 1.54) is 12.1 Å². The highest BCUT2D eigenvalue weighted by Gasteiger charge is 2.11. The lowest BCUT2D eigenvalue weighted by atomic mass is 10.2. The first-order valence-electron chi connectivity index (χ1n) is 6.05. The van der Waals surface area contributed by atoms with Crippen LogP contribution in [0.1, 0.15) is 5.56 Å². The smallest absolute Gasteiger partial charge is 0.274 e. The average molecular weight is 416 g/mol. The first kappa shape index (κ1) is 15.9. The molecule has 0 saturated carbocycles. The van der Waals surface area contributed by atoms with Crippen molar-refractivity contribution < 1.29 is 9.66 Å². The van der Waals surface area contributed by atoms with Crippen LogP contribution in [-0.2, 0) is 6.54 Å². The van der Waals surface area contributed by atoms with E-state index in [9.17, 15) is 10.1 Å². The van der Waals surface area contributed by atoms with Crippen LogP contribution in [-0.4, -0.2) is 12.0 Å². The summed E-state index contributed by atoms with van der Waals surface area (Å²) >= 11 is 6.68. The predicted octanol–water partition coefficient (Wildman–Crippen LogP) is 4.63. The SMILES string of the molecule is CNCc1ccc(Oc2cc(Br)cc([N+](=O)[O-])c2)c(Br)c1. The Hall–Kier alpha value is -1.44. The van der Waals surface area contributed by atoms with E-state index < -0.39 is 4.92 Å². The first-order valence-corrected chi connectivity index (χ1v) is 7.64. The average Bonchev–Trinajstić information content (AvgIpc) is 2.41. The molecule has 7 heteroatoms. The van der Waals surface area contributed by atoms with E-state index in [4.69, 9.17) is 4.74 Å². The number of nitro groups is 1. The van der Waals surface area contributed by atoms with Crippen molar-refractivity contribution in [3.05, 3.63) is 61.0 Å². The summed E-state index contributed by atoms with van der Waals surface area (Å²) < 4.78 is 7.09. The van der Waals surface area contributed by atoms with Crippen molar-refractivity contribution in [1.82, 2.24) is 5.32 Å². The molecule has 0 unspecified atom stereocenters. The van der Waals surface area contributed by atoms with Gasteiger partial charge in [-0.2, -0.15) is 0 Å². The minimum Gasteiger partial charge on any atom is -0.456 e. The number of halogens is 2. The van der Waals surface area contributed by atoms with Gasteiger partial charge in [-0.05, 0) is 46.7 Å². The highest BCUT2D eigenvalue weighted by atomic mass is 79.9. The van der Waals surface area contributed by atoms with Gasteiger partial charge < -0.3 is 10.1 Å². The van der Waals surface area contributed by atoms with Gasteiger partial charge in [0.05, 0.1) is 15.5 Å². The fraction of sp³-hybridized carbons (Fsp3) is 0.143. The number of nitrogens with one attached hydrogen (secondary N) is 1. The van der Waals surface area contributed by atoms with Crippen molar-refractivity contribution in [2.45, 2.75) is 6.54 Å². The molecule has 0 aromatic heterocycles. The molecule has 0 atom stereocenters. The van der Waals surface area contributed by atoms with Crippen LogP contribution in [0.3, 0.4) is 0 Å². The highest BCUT2D eigenvalue weighted by molar-refractivity contribution is 9.10. The molecule has 2 aromatic carbocycles. The number of nitrogens with zero attached hydrogens (tertiary/aromatic N) is 1. The van der Waals surface area contributed by atoms with E-state index >= 15 is 0 Å². The Morgan fingerprint density at radius 3 is 2.62 bits per heavy atom. The van der Waals surface area contributed by atoms with Crippen molar-refractivity contribution in [2.24, 2.45) is 0 Å². The lowest BCUT2D eigenvalue weighted by Crippen LogP contribution is -2.04. The number of ether oxygens (including phenoxy) is 1. The van der Waals surface area contributed by atoms with Crippen LogP contribution in [0.5, 0.6) is 11.5 Å². The highest BCUT2D eigenvalue weighted by Crippen LogP contribution is 2.33. The minimum atomic E-state index is -0.456. The molecule has 0 fully saturated rings. The standard InChI is InChI=1S/C14H12Br2N2O3/c1-17-8-9-2-3-14(13(16)4-9)21-12-6-10(15)5-11(7-12)18(19)20/h2-7,17H,8H2,1H3. The second-order valence-corrected chi connectivity index (χ2v) is 6.07. The van der Waals surface area contributed by atoms with Crippen molar-refractivity contribution in [1.29, 1.82) is 0 Å². The van der Waals surface area contributed by atoms with Gasteiger partial charge >= 0.3 is 0 Å². The fourth-order valence-electron chi connectivity index (χ4n) is 1.78. The molecular weight excluding hydrogens is 404 g/mol. The number of hydrogen-bond acceptors (Lipinski definition) is 4. The van der Waals surface area contributed by atoms with E-state index in [0.717, 1.165) is 16.6 Å². The molecule has 0 radical (unpaired) electrons. The molecule has 0 bridgehead atoms. The fourth-order valence-corrected chi connectivity index (χ4v) is 2.75. The third-order valence-electron chi connectivity index (χ3n) is 2.67.